The Hall–Kier alpha value is -1.76. The number of thiazole rings is 1. The number of hydrogen-bond donors (Lipinski definition) is 0. The van der Waals surface area contributed by atoms with Gasteiger partial charge in [0.2, 0.25) is 5.78 Å². The Labute approximate surface area is 116 Å². The van der Waals surface area contributed by atoms with Crippen molar-refractivity contribution < 1.29 is 22.4 Å². The largest absolute Gasteiger partial charge is 0.419 e. The van der Waals surface area contributed by atoms with Gasteiger partial charge in [0.1, 0.15) is 5.82 Å². The minimum atomic E-state index is -4.78. The lowest BCUT2D eigenvalue weighted by Gasteiger charge is -2.08. The van der Waals surface area contributed by atoms with E-state index in [0.29, 0.717) is 27.7 Å². The lowest BCUT2D eigenvalue weighted by atomic mass is 10.1. The second kappa shape index (κ2) is 4.97. The summed E-state index contributed by atoms with van der Waals surface area (Å²) >= 11 is 1.13. The second-order valence-electron chi connectivity index (χ2n) is 4.17. The molecule has 2 nitrogen and oxygen atoms in total. The van der Waals surface area contributed by atoms with Crippen LogP contribution in [0.5, 0.6) is 0 Å². The molecule has 0 radical (unpaired) electrons. The predicted molar refractivity (Wildman–Crippen MR) is 66.4 cm³/mol. The molecule has 0 aliphatic heterocycles. The highest BCUT2D eigenvalue weighted by Crippen LogP contribution is 2.32. The van der Waals surface area contributed by atoms with Crippen LogP contribution in [0.15, 0.2) is 18.2 Å². The highest BCUT2D eigenvalue weighted by molar-refractivity contribution is 7.14. The fourth-order valence-electron chi connectivity index (χ4n) is 1.76. The normalized spacial score (nSPS) is 11.7. The van der Waals surface area contributed by atoms with Crippen LogP contribution >= 0.6 is 11.3 Å². The quantitative estimate of drug-likeness (QED) is 0.616. The van der Waals surface area contributed by atoms with Crippen LogP contribution in [-0.2, 0) is 6.18 Å². The van der Waals surface area contributed by atoms with Gasteiger partial charge in [-0.05, 0) is 26.0 Å². The Morgan fingerprint density at radius 3 is 2.35 bits per heavy atom. The standard InChI is InChI=1S/C13H9F4NOS/c1-6-12(20-7(2)18-6)11(19)8-3-4-9(10(14)5-8)13(15,16)17/h3-5H,1-2H3. The van der Waals surface area contributed by atoms with E-state index in [1.54, 1.807) is 13.8 Å². The lowest BCUT2D eigenvalue weighted by Crippen LogP contribution is -2.10. The summed E-state index contributed by atoms with van der Waals surface area (Å²) in [5.41, 5.74) is -1.02. The fourth-order valence-corrected chi connectivity index (χ4v) is 2.64. The van der Waals surface area contributed by atoms with E-state index in [4.69, 9.17) is 0 Å². The van der Waals surface area contributed by atoms with Gasteiger partial charge in [0, 0.05) is 5.56 Å². The van der Waals surface area contributed by atoms with Gasteiger partial charge in [-0.15, -0.1) is 11.3 Å². The van der Waals surface area contributed by atoms with E-state index in [0.717, 1.165) is 17.4 Å². The molecule has 0 spiro atoms. The van der Waals surface area contributed by atoms with Gasteiger partial charge < -0.3 is 0 Å². The number of rotatable bonds is 2. The van der Waals surface area contributed by atoms with Crippen molar-refractivity contribution in [3.05, 3.63) is 50.7 Å². The van der Waals surface area contributed by atoms with E-state index in [-0.39, 0.29) is 5.56 Å². The second-order valence-corrected chi connectivity index (χ2v) is 5.37. The van der Waals surface area contributed by atoms with Gasteiger partial charge in [0.15, 0.2) is 0 Å². The van der Waals surface area contributed by atoms with E-state index >= 15 is 0 Å². The summed E-state index contributed by atoms with van der Waals surface area (Å²) < 4.78 is 50.8. The summed E-state index contributed by atoms with van der Waals surface area (Å²) in [6.07, 6.45) is -4.78. The summed E-state index contributed by atoms with van der Waals surface area (Å²) in [5, 5.41) is 0.665. The van der Waals surface area contributed by atoms with E-state index in [1.807, 2.05) is 0 Å². The maximum Gasteiger partial charge on any atom is 0.419 e. The maximum absolute atomic E-state index is 13.4. The number of carbonyl (C=O) groups is 1. The molecule has 0 atom stereocenters. The van der Waals surface area contributed by atoms with Crippen molar-refractivity contribution in [3.63, 3.8) is 0 Å². The van der Waals surface area contributed by atoms with Crippen molar-refractivity contribution in [2.75, 3.05) is 0 Å². The Morgan fingerprint density at radius 1 is 1.25 bits per heavy atom. The van der Waals surface area contributed by atoms with Gasteiger partial charge >= 0.3 is 6.18 Å². The summed E-state index contributed by atoms with van der Waals surface area (Å²) in [6.45, 7) is 3.33. The van der Waals surface area contributed by atoms with Crippen molar-refractivity contribution in [1.82, 2.24) is 4.98 Å². The minimum absolute atomic E-state index is 0.123. The maximum atomic E-state index is 13.4. The van der Waals surface area contributed by atoms with Gasteiger partial charge in [0.25, 0.3) is 0 Å². The van der Waals surface area contributed by atoms with Crippen molar-refractivity contribution in [2.45, 2.75) is 20.0 Å². The average molecular weight is 303 g/mol. The zero-order chi connectivity index (χ0) is 15.1. The first-order valence-corrected chi connectivity index (χ1v) is 6.37. The zero-order valence-corrected chi connectivity index (χ0v) is 11.3. The van der Waals surface area contributed by atoms with Crippen molar-refractivity contribution in [2.24, 2.45) is 0 Å². The molecule has 2 rings (SSSR count). The molecule has 7 heteroatoms. The summed E-state index contributed by atoms with van der Waals surface area (Å²) in [4.78, 5) is 16.5. The Kier molecular flexibility index (Phi) is 3.64. The number of carbonyl (C=O) groups excluding carboxylic acids is 1. The number of alkyl halides is 3. The molecule has 20 heavy (non-hydrogen) atoms. The summed E-state index contributed by atoms with van der Waals surface area (Å²) in [5.74, 6) is -1.98. The number of aryl methyl sites for hydroxylation is 2. The third kappa shape index (κ3) is 2.72. The predicted octanol–water partition coefficient (Wildman–Crippen LogP) is 4.15. The first-order chi connectivity index (χ1) is 9.20. The van der Waals surface area contributed by atoms with Crippen LogP contribution in [-0.4, -0.2) is 10.8 Å². The zero-order valence-electron chi connectivity index (χ0n) is 10.5. The number of halogens is 4. The molecule has 1 aromatic carbocycles. The van der Waals surface area contributed by atoms with Gasteiger partial charge in [-0.25, -0.2) is 9.37 Å². The number of aromatic nitrogens is 1. The molecule has 2 aromatic rings. The van der Waals surface area contributed by atoms with Crippen molar-refractivity contribution in [3.8, 4) is 0 Å². The number of benzene rings is 1. The van der Waals surface area contributed by atoms with Gasteiger partial charge in [-0.2, -0.15) is 13.2 Å². The third-order valence-corrected chi connectivity index (χ3v) is 3.72. The van der Waals surface area contributed by atoms with Gasteiger partial charge in [-0.1, -0.05) is 6.07 Å². The first-order valence-electron chi connectivity index (χ1n) is 5.55. The molecule has 0 N–H and O–H groups in total. The average Bonchev–Trinajstić information content (AvgIpc) is 2.65. The van der Waals surface area contributed by atoms with Crippen LogP contribution in [0.4, 0.5) is 17.6 Å². The molecule has 0 saturated carbocycles. The fraction of sp³-hybridized carbons (Fsp3) is 0.231. The molecule has 1 heterocycles. The van der Waals surface area contributed by atoms with E-state index in [1.165, 1.54) is 0 Å². The molecule has 0 amide bonds. The molecule has 0 fully saturated rings. The molecule has 0 saturated heterocycles. The molecule has 0 unspecified atom stereocenters. The molecule has 0 aliphatic rings. The minimum Gasteiger partial charge on any atom is -0.288 e. The topological polar surface area (TPSA) is 30.0 Å². The van der Waals surface area contributed by atoms with Crippen LogP contribution in [0.3, 0.4) is 0 Å². The van der Waals surface area contributed by atoms with Crippen LogP contribution in [0.25, 0.3) is 0 Å². The lowest BCUT2D eigenvalue weighted by molar-refractivity contribution is -0.140. The molecule has 0 aliphatic carbocycles. The Morgan fingerprint density at radius 2 is 1.90 bits per heavy atom. The van der Waals surface area contributed by atoms with Gasteiger partial charge in [-0.3, -0.25) is 4.79 Å². The van der Waals surface area contributed by atoms with Crippen LogP contribution < -0.4 is 0 Å². The van der Waals surface area contributed by atoms with Crippen LogP contribution in [0, 0.1) is 19.7 Å². The third-order valence-electron chi connectivity index (χ3n) is 2.65. The number of nitrogens with zero attached hydrogens (tertiary/aromatic N) is 1. The monoisotopic (exact) mass is 303 g/mol. The van der Waals surface area contributed by atoms with Crippen molar-refractivity contribution >= 4 is 17.1 Å². The molecule has 106 valence electrons. The van der Waals surface area contributed by atoms with Gasteiger partial charge in [0.05, 0.1) is 21.1 Å². The molecule has 1 aromatic heterocycles. The summed E-state index contributed by atoms with van der Waals surface area (Å²) in [6, 6.07) is 2.16. The first kappa shape index (κ1) is 14.6. The van der Waals surface area contributed by atoms with Crippen LogP contribution in [0.1, 0.15) is 31.5 Å². The summed E-state index contributed by atoms with van der Waals surface area (Å²) in [7, 11) is 0. The van der Waals surface area contributed by atoms with Crippen molar-refractivity contribution in [1.29, 1.82) is 0 Å². The SMILES string of the molecule is Cc1nc(C)c(C(=O)c2ccc(C(F)(F)F)c(F)c2)s1. The Bertz CT molecular complexity index is 675. The highest BCUT2D eigenvalue weighted by Gasteiger charge is 2.34. The molecular weight excluding hydrogens is 294 g/mol. The van der Waals surface area contributed by atoms with E-state index in [9.17, 15) is 22.4 Å². The van der Waals surface area contributed by atoms with E-state index in [2.05, 4.69) is 4.98 Å². The number of ketones is 1. The smallest absolute Gasteiger partial charge is 0.288 e. The number of hydrogen-bond acceptors (Lipinski definition) is 3. The van der Waals surface area contributed by atoms with Crippen LogP contribution in [0.2, 0.25) is 0 Å². The highest BCUT2D eigenvalue weighted by atomic mass is 32.1. The van der Waals surface area contributed by atoms with E-state index < -0.39 is 23.3 Å². The molecular formula is C13H9F4NOS. The Balaban J connectivity index is 2.42. The molecule has 0 bridgehead atoms.